The quantitative estimate of drug-likeness (QED) is 0.697. The van der Waals surface area contributed by atoms with Crippen molar-refractivity contribution in [2.75, 3.05) is 18.0 Å². The molecule has 2 aliphatic rings. The summed E-state index contributed by atoms with van der Waals surface area (Å²) in [5.74, 6) is 1.45. The van der Waals surface area contributed by atoms with E-state index in [1.165, 1.54) is 0 Å². The summed E-state index contributed by atoms with van der Waals surface area (Å²) in [7, 11) is 0. The first-order valence-electron chi connectivity index (χ1n) is 10.5. The largest absolute Gasteiger partial charge is 0.391 e. The third-order valence-electron chi connectivity index (χ3n) is 6.23. The molecule has 29 heavy (non-hydrogen) atoms. The summed E-state index contributed by atoms with van der Waals surface area (Å²) in [5.41, 5.74) is 9.50. The number of rotatable bonds is 4. The average Bonchev–Trinajstić information content (AvgIpc) is 3.36. The molecule has 5 rings (SSSR count). The molecule has 2 aromatic heterocycles. The highest BCUT2D eigenvalue weighted by molar-refractivity contribution is 5.70. The second-order valence-corrected chi connectivity index (χ2v) is 8.39. The second kappa shape index (κ2) is 7.68. The maximum Gasteiger partial charge on any atom is 0.187 e. The lowest BCUT2D eigenvalue weighted by molar-refractivity contribution is 0.198. The molecule has 0 amide bonds. The van der Waals surface area contributed by atoms with Crippen LogP contribution in [0.4, 0.5) is 5.69 Å². The molecule has 8 nitrogen and oxygen atoms in total. The number of hydrogen-bond donors (Lipinski definition) is 2. The molecule has 0 radical (unpaired) electrons. The van der Waals surface area contributed by atoms with E-state index in [4.69, 9.17) is 10.7 Å². The Morgan fingerprint density at radius 2 is 1.79 bits per heavy atom. The van der Waals surface area contributed by atoms with Gasteiger partial charge in [-0.15, -0.1) is 5.10 Å². The smallest absolute Gasteiger partial charge is 0.187 e. The van der Waals surface area contributed by atoms with Gasteiger partial charge in [0.15, 0.2) is 11.2 Å². The first-order chi connectivity index (χ1) is 14.2. The van der Waals surface area contributed by atoms with Gasteiger partial charge in [0, 0.05) is 31.2 Å². The van der Waals surface area contributed by atoms with Gasteiger partial charge in [-0.25, -0.2) is 9.97 Å². The summed E-state index contributed by atoms with van der Waals surface area (Å²) in [6, 6.07) is 8.53. The van der Waals surface area contributed by atoms with Crippen LogP contribution >= 0.6 is 0 Å². The number of aromatic nitrogens is 5. The minimum atomic E-state index is -0.232. The number of hydrogen-bond acceptors (Lipinski definition) is 7. The Labute approximate surface area is 169 Å². The van der Waals surface area contributed by atoms with Crippen molar-refractivity contribution in [2.24, 2.45) is 11.7 Å². The van der Waals surface area contributed by atoms with Crippen molar-refractivity contribution in [3.8, 4) is 5.69 Å². The van der Waals surface area contributed by atoms with Crippen LogP contribution < -0.4 is 10.6 Å². The van der Waals surface area contributed by atoms with Crippen LogP contribution in [0, 0.1) is 5.92 Å². The van der Waals surface area contributed by atoms with Crippen LogP contribution in [0.3, 0.4) is 0 Å². The lowest BCUT2D eigenvalue weighted by atomic mass is 9.84. The number of nitrogens with zero attached hydrogens (tertiary/aromatic N) is 6. The molecule has 152 valence electrons. The van der Waals surface area contributed by atoms with Gasteiger partial charge in [-0.2, -0.15) is 4.68 Å². The molecule has 3 N–H and O–H groups in total. The highest BCUT2D eigenvalue weighted by atomic mass is 16.3. The minimum absolute atomic E-state index is 0.232. The number of fused-ring (bicyclic) bond motifs is 1. The van der Waals surface area contributed by atoms with E-state index in [1.807, 2.05) is 12.1 Å². The molecule has 3 aromatic rings. The normalized spacial score (nSPS) is 25.0. The van der Waals surface area contributed by atoms with E-state index in [2.05, 4.69) is 32.3 Å². The standard InChI is InChI=1S/C21H27N7O/c22-15-3-1-14(2-4-15)11-20-23-12-19-21(24-20)28(26-25-19)17-7-5-16(6-8-17)27-10-9-18(29)13-27/h5-8,12,14-15,18,29H,1-4,9-11,13,22H2/t14?,15?,18-/m1/s1. The van der Waals surface area contributed by atoms with Crippen LogP contribution in [0.1, 0.15) is 37.9 Å². The Balaban J connectivity index is 1.37. The van der Waals surface area contributed by atoms with Gasteiger partial charge in [0.25, 0.3) is 0 Å². The van der Waals surface area contributed by atoms with E-state index in [9.17, 15) is 5.11 Å². The average molecular weight is 393 g/mol. The Morgan fingerprint density at radius 3 is 2.52 bits per heavy atom. The SMILES string of the molecule is NC1CCC(Cc2ncc3nnn(-c4ccc(N5CC[C@@H](O)C5)cc4)c3n2)CC1. The van der Waals surface area contributed by atoms with Crippen LogP contribution in [0.2, 0.25) is 0 Å². The summed E-state index contributed by atoms with van der Waals surface area (Å²) >= 11 is 0. The first-order valence-corrected chi connectivity index (χ1v) is 10.5. The highest BCUT2D eigenvalue weighted by Crippen LogP contribution is 2.26. The Hall–Kier alpha value is -2.58. The number of aliphatic hydroxyl groups excluding tert-OH is 1. The van der Waals surface area contributed by atoms with Crippen LogP contribution in [0.5, 0.6) is 0 Å². The zero-order valence-corrected chi connectivity index (χ0v) is 16.5. The molecule has 0 unspecified atom stereocenters. The first kappa shape index (κ1) is 18.4. The minimum Gasteiger partial charge on any atom is -0.391 e. The van der Waals surface area contributed by atoms with E-state index in [0.717, 1.165) is 67.9 Å². The molecule has 1 saturated heterocycles. The van der Waals surface area contributed by atoms with Crippen molar-refractivity contribution in [2.45, 2.75) is 50.7 Å². The van der Waals surface area contributed by atoms with Gasteiger partial charge in [-0.05, 0) is 62.3 Å². The number of β-amino-alcohol motifs (C(OH)–C–C–N with tert-alkyl or cyclic N) is 1. The fourth-order valence-corrected chi connectivity index (χ4v) is 4.47. The monoisotopic (exact) mass is 393 g/mol. The Morgan fingerprint density at radius 1 is 1.03 bits per heavy atom. The van der Waals surface area contributed by atoms with E-state index in [1.54, 1.807) is 10.9 Å². The molecule has 0 spiro atoms. The molecule has 1 atom stereocenters. The molecule has 3 heterocycles. The van der Waals surface area contributed by atoms with E-state index >= 15 is 0 Å². The molecule has 8 heteroatoms. The predicted molar refractivity (Wildman–Crippen MR) is 111 cm³/mol. The summed E-state index contributed by atoms with van der Waals surface area (Å²) in [6.07, 6.45) is 7.71. The van der Waals surface area contributed by atoms with Crippen LogP contribution in [-0.4, -0.2) is 55.3 Å². The molecular formula is C21H27N7O. The van der Waals surface area contributed by atoms with Crippen molar-refractivity contribution < 1.29 is 5.11 Å². The topological polar surface area (TPSA) is 106 Å². The fraction of sp³-hybridized carbons (Fsp3) is 0.524. The second-order valence-electron chi connectivity index (χ2n) is 8.39. The maximum absolute atomic E-state index is 9.76. The van der Waals surface area contributed by atoms with Crippen LogP contribution in [0.25, 0.3) is 16.9 Å². The van der Waals surface area contributed by atoms with Gasteiger partial charge < -0.3 is 15.7 Å². The van der Waals surface area contributed by atoms with Crippen molar-refractivity contribution >= 4 is 16.9 Å². The number of aliphatic hydroxyl groups is 1. The van der Waals surface area contributed by atoms with Crippen molar-refractivity contribution in [1.29, 1.82) is 0 Å². The predicted octanol–water partition coefficient (Wildman–Crippen LogP) is 1.84. The summed E-state index contributed by atoms with van der Waals surface area (Å²) < 4.78 is 1.78. The van der Waals surface area contributed by atoms with Gasteiger partial charge in [-0.3, -0.25) is 0 Å². The summed E-state index contributed by atoms with van der Waals surface area (Å²) in [4.78, 5) is 11.5. The zero-order valence-electron chi connectivity index (χ0n) is 16.5. The zero-order chi connectivity index (χ0) is 19.8. The van der Waals surface area contributed by atoms with Gasteiger partial charge in [-0.1, -0.05) is 5.21 Å². The number of benzene rings is 1. The maximum atomic E-state index is 9.76. The molecule has 1 aliphatic carbocycles. The Kier molecular flexibility index (Phi) is 4.89. The number of anilines is 1. The lowest BCUT2D eigenvalue weighted by Gasteiger charge is -2.25. The van der Waals surface area contributed by atoms with E-state index in [0.29, 0.717) is 24.0 Å². The highest BCUT2D eigenvalue weighted by Gasteiger charge is 2.22. The van der Waals surface area contributed by atoms with Gasteiger partial charge in [0.1, 0.15) is 5.82 Å². The van der Waals surface area contributed by atoms with E-state index in [-0.39, 0.29) is 6.10 Å². The Bertz CT molecular complexity index is 978. The molecule has 1 saturated carbocycles. The van der Waals surface area contributed by atoms with Crippen molar-refractivity contribution in [3.63, 3.8) is 0 Å². The molecule has 0 bridgehead atoms. The van der Waals surface area contributed by atoms with Crippen LogP contribution in [0.15, 0.2) is 30.5 Å². The summed E-state index contributed by atoms with van der Waals surface area (Å²) in [6.45, 7) is 1.57. The van der Waals surface area contributed by atoms with Crippen molar-refractivity contribution in [1.82, 2.24) is 25.0 Å². The van der Waals surface area contributed by atoms with Crippen molar-refractivity contribution in [3.05, 3.63) is 36.3 Å². The summed E-state index contributed by atoms with van der Waals surface area (Å²) in [5, 5.41) is 18.3. The van der Waals surface area contributed by atoms with Crippen LogP contribution in [-0.2, 0) is 6.42 Å². The van der Waals surface area contributed by atoms with Gasteiger partial charge >= 0.3 is 0 Å². The molecular weight excluding hydrogens is 366 g/mol. The fourth-order valence-electron chi connectivity index (χ4n) is 4.47. The lowest BCUT2D eigenvalue weighted by Crippen LogP contribution is -2.27. The molecule has 1 aliphatic heterocycles. The van der Waals surface area contributed by atoms with Gasteiger partial charge in [0.2, 0.25) is 0 Å². The van der Waals surface area contributed by atoms with E-state index < -0.39 is 0 Å². The number of nitrogens with two attached hydrogens (primary N) is 1. The molecule has 1 aromatic carbocycles. The third-order valence-corrected chi connectivity index (χ3v) is 6.23. The van der Waals surface area contributed by atoms with Gasteiger partial charge in [0.05, 0.1) is 18.0 Å². The molecule has 2 fully saturated rings. The third kappa shape index (κ3) is 3.82.